The van der Waals surface area contributed by atoms with Gasteiger partial charge in [0.2, 0.25) is 0 Å². The molecule has 0 radical (unpaired) electrons. The van der Waals surface area contributed by atoms with Crippen LogP contribution in [0.1, 0.15) is 16.8 Å². The fraction of sp³-hybridized carbons (Fsp3) is 0.500. The molecule has 0 bridgehead atoms. The maximum Gasteiger partial charge on any atom is 0.326 e. The Morgan fingerprint density at radius 3 is 1.92 bits per heavy atom. The summed E-state index contributed by atoms with van der Waals surface area (Å²) in [4.78, 5) is 10.3. The number of nitrogens with zero attached hydrogens (tertiary/aromatic N) is 2. The zero-order chi connectivity index (χ0) is 9.46. The van der Waals surface area contributed by atoms with Gasteiger partial charge in [0.25, 0.3) is 0 Å². The maximum absolute atomic E-state index is 10.6. The Bertz CT molecular complexity index is 314. The smallest absolute Gasteiger partial charge is 0.326 e. The van der Waals surface area contributed by atoms with E-state index in [0.29, 0.717) is 0 Å². The van der Waals surface area contributed by atoms with Crippen LogP contribution < -0.4 is 0 Å². The molecule has 1 aromatic heterocycles. The lowest BCUT2D eigenvalue weighted by atomic mass is 10.2. The summed E-state index contributed by atoms with van der Waals surface area (Å²) in [5, 5.41) is 10.6. The van der Waals surface area contributed by atoms with Gasteiger partial charge in [0, 0.05) is 11.1 Å². The molecule has 0 unspecified atom stereocenters. The second kappa shape index (κ2) is 2.62. The second-order valence-corrected chi connectivity index (χ2v) is 2.98. The van der Waals surface area contributed by atoms with Gasteiger partial charge in [-0.2, -0.15) is 0 Å². The molecule has 0 spiro atoms. The highest BCUT2D eigenvalue weighted by atomic mass is 16.6. The zero-order valence-electron chi connectivity index (χ0n) is 7.71. The number of nitro groups is 1. The molecule has 0 aliphatic rings. The van der Waals surface area contributed by atoms with Crippen molar-refractivity contribution in [2.24, 2.45) is 7.05 Å². The van der Waals surface area contributed by atoms with Gasteiger partial charge in [0.05, 0.1) is 7.05 Å². The van der Waals surface area contributed by atoms with E-state index in [4.69, 9.17) is 0 Å². The first kappa shape index (κ1) is 8.77. The van der Waals surface area contributed by atoms with Crippen molar-refractivity contribution < 1.29 is 4.92 Å². The minimum absolute atomic E-state index is 0.199. The van der Waals surface area contributed by atoms with E-state index in [0.717, 1.165) is 16.8 Å². The minimum Gasteiger partial charge on any atom is -0.358 e. The lowest BCUT2D eigenvalue weighted by molar-refractivity contribution is -0.392. The molecule has 4 heteroatoms. The highest BCUT2D eigenvalue weighted by molar-refractivity contribution is 5.44. The van der Waals surface area contributed by atoms with E-state index in [9.17, 15) is 10.1 Å². The van der Waals surface area contributed by atoms with Crippen molar-refractivity contribution >= 4 is 5.82 Å². The monoisotopic (exact) mass is 168 g/mol. The fourth-order valence-corrected chi connectivity index (χ4v) is 1.36. The molecule has 0 aromatic carbocycles. The van der Waals surface area contributed by atoms with Gasteiger partial charge < -0.3 is 10.1 Å². The average molecular weight is 168 g/mol. The third-order valence-corrected chi connectivity index (χ3v) is 2.43. The molecule has 66 valence electrons. The van der Waals surface area contributed by atoms with Crippen LogP contribution in [0.5, 0.6) is 0 Å². The van der Waals surface area contributed by atoms with Crippen LogP contribution in [0.15, 0.2) is 0 Å². The lowest BCUT2D eigenvalue weighted by Gasteiger charge is -1.96. The Kier molecular flexibility index (Phi) is 1.92. The first-order valence-corrected chi connectivity index (χ1v) is 3.73. The molecule has 0 fully saturated rings. The number of hydrogen-bond acceptors (Lipinski definition) is 2. The second-order valence-electron chi connectivity index (χ2n) is 2.98. The number of aromatic nitrogens is 1. The van der Waals surface area contributed by atoms with Gasteiger partial charge in [0.15, 0.2) is 0 Å². The van der Waals surface area contributed by atoms with Gasteiger partial charge in [-0.25, -0.2) is 4.57 Å². The summed E-state index contributed by atoms with van der Waals surface area (Å²) in [5.74, 6) is 0.199. The summed E-state index contributed by atoms with van der Waals surface area (Å²) >= 11 is 0. The molecular formula is C8H12N2O2. The zero-order valence-corrected chi connectivity index (χ0v) is 7.71. The predicted octanol–water partition coefficient (Wildman–Crippen LogP) is 1.86. The van der Waals surface area contributed by atoms with Crippen molar-refractivity contribution in [2.75, 3.05) is 0 Å². The van der Waals surface area contributed by atoms with Crippen molar-refractivity contribution in [1.82, 2.24) is 4.57 Å². The van der Waals surface area contributed by atoms with E-state index in [1.54, 1.807) is 18.5 Å². The summed E-state index contributed by atoms with van der Waals surface area (Å²) in [6, 6.07) is 0. The summed E-state index contributed by atoms with van der Waals surface area (Å²) < 4.78 is 1.62. The van der Waals surface area contributed by atoms with Crippen molar-refractivity contribution in [3.05, 3.63) is 26.9 Å². The fourth-order valence-electron chi connectivity index (χ4n) is 1.36. The lowest BCUT2D eigenvalue weighted by Crippen LogP contribution is -1.99. The molecule has 0 atom stereocenters. The Labute approximate surface area is 71.0 Å². The molecule has 0 saturated carbocycles. The Balaban J connectivity index is 3.48. The van der Waals surface area contributed by atoms with Gasteiger partial charge in [-0.15, -0.1) is 0 Å². The largest absolute Gasteiger partial charge is 0.358 e. The normalized spacial score (nSPS) is 10.3. The highest BCUT2D eigenvalue weighted by Gasteiger charge is 2.20. The molecule has 4 nitrogen and oxygen atoms in total. The van der Waals surface area contributed by atoms with Crippen molar-refractivity contribution in [1.29, 1.82) is 0 Å². The van der Waals surface area contributed by atoms with Crippen LogP contribution in [0.4, 0.5) is 5.82 Å². The average Bonchev–Trinajstić information content (AvgIpc) is 2.16. The van der Waals surface area contributed by atoms with E-state index < -0.39 is 0 Å². The number of hydrogen-bond donors (Lipinski definition) is 0. The molecule has 1 heterocycles. The molecule has 0 aliphatic heterocycles. The highest BCUT2D eigenvalue weighted by Crippen LogP contribution is 2.25. The first-order chi connectivity index (χ1) is 5.46. The predicted molar refractivity (Wildman–Crippen MR) is 46.3 cm³/mol. The van der Waals surface area contributed by atoms with Gasteiger partial charge >= 0.3 is 5.82 Å². The third-order valence-electron chi connectivity index (χ3n) is 2.43. The molecule has 12 heavy (non-hydrogen) atoms. The molecule has 0 saturated heterocycles. The molecule has 1 aromatic rings. The van der Waals surface area contributed by atoms with E-state index >= 15 is 0 Å². The van der Waals surface area contributed by atoms with E-state index in [1.807, 2.05) is 13.8 Å². The summed E-state index contributed by atoms with van der Waals surface area (Å²) in [5.41, 5.74) is 2.73. The standard InChI is InChI=1S/C8H12N2O2/c1-5-6(2)8(10(11)12)9(4)7(5)3/h1-4H3. The molecular weight excluding hydrogens is 156 g/mol. The maximum atomic E-state index is 10.6. The van der Waals surface area contributed by atoms with E-state index in [-0.39, 0.29) is 10.7 Å². The molecule has 0 N–H and O–H groups in total. The topological polar surface area (TPSA) is 48.1 Å². The van der Waals surface area contributed by atoms with E-state index in [1.165, 1.54) is 0 Å². The van der Waals surface area contributed by atoms with Gasteiger partial charge in [-0.1, -0.05) is 0 Å². The minimum atomic E-state index is -0.338. The SMILES string of the molecule is Cc1c(C)c([N+](=O)[O-])n(C)c1C. The summed E-state index contributed by atoms with van der Waals surface area (Å²) in [6.45, 7) is 5.56. The van der Waals surface area contributed by atoms with Crippen molar-refractivity contribution in [3.63, 3.8) is 0 Å². The molecule has 0 amide bonds. The quantitative estimate of drug-likeness (QED) is 0.474. The van der Waals surface area contributed by atoms with Gasteiger partial charge in [-0.05, 0) is 25.7 Å². The van der Waals surface area contributed by atoms with Crippen LogP contribution in [0, 0.1) is 30.9 Å². The Hall–Kier alpha value is -1.32. The third kappa shape index (κ3) is 0.995. The van der Waals surface area contributed by atoms with Crippen LogP contribution >= 0.6 is 0 Å². The van der Waals surface area contributed by atoms with Crippen molar-refractivity contribution in [2.45, 2.75) is 20.8 Å². The van der Waals surface area contributed by atoms with Crippen LogP contribution in [0.3, 0.4) is 0 Å². The molecule has 0 aliphatic carbocycles. The van der Waals surface area contributed by atoms with Crippen LogP contribution in [0.25, 0.3) is 0 Å². The first-order valence-electron chi connectivity index (χ1n) is 3.73. The summed E-state index contributed by atoms with van der Waals surface area (Å²) in [7, 11) is 1.72. The van der Waals surface area contributed by atoms with Gasteiger partial charge in [-0.3, -0.25) is 0 Å². The number of rotatable bonds is 1. The Morgan fingerprint density at radius 1 is 1.25 bits per heavy atom. The van der Waals surface area contributed by atoms with Crippen LogP contribution in [0.2, 0.25) is 0 Å². The molecule has 1 rings (SSSR count). The van der Waals surface area contributed by atoms with E-state index in [2.05, 4.69) is 0 Å². The van der Waals surface area contributed by atoms with Crippen molar-refractivity contribution in [3.8, 4) is 0 Å². The Morgan fingerprint density at radius 2 is 1.75 bits per heavy atom. The van der Waals surface area contributed by atoms with Gasteiger partial charge in [0.1, 0.15) is 5.69 Å². The summed E-state index contributed by atoms with van der Waals surface area (Å²) in [6.07, 6.45) is 0. The van der Waals surface area contributed by atoms with Crippen LogP contribution in [-0.4, -0.2) is 9.49 Å². The van der Waals surface area contributed by atoms with Crippen LogP contribution in [-0.2, 0) is 7.05 Å².